The number of halogens is 6. The third-order valence-corrected chi connectivity index (χ3v) is 3.03. The number of hydrogen-bond acceptors (Lipinski definition) is 3. The summed E-state index contributed by atoms with van der Waals surface area (Å²) in [7, 11) is -2.24. The Balaban J connectivity index is 2.66. The lowest BCUT2D eigenvalue weighted by atomic mass is 9.75. The molecule has 0 bridgehead atoms. The third kappa shape index (κ3) is 3.65. The molecule has 0 saturated heterocycles. The van der Waals surface area contributed by atoms with Crippen LogP contribution in [0.3, 0.4) is 0 Å². The van der Waals surface area contributed by atoms with Crippen LogP contribution in [-0.2, 0) is 12.4 Å². The van der Waals surface area contributed by atoms with Crippen molar-refractivity contribution < 1.29 is 36.4 Å². The van der Waals surface area contributed by atoms with Gasteiger partial charge in [-0.15, -0.1) is 0 Å². The van der Waals surface area contributed by atoms with Crippen molar-refractivity contribution in [3.8, 4) is 11.1 Å². The average molecular weight is 335 g/mol. The van der Waals surface area contributed by atoms with E-state index in [0.29, 0.717) is 12.1 Å². The predicted molar refractivity (Wildman–Crippen MR) is 69.5 cm³/mol. The third-order valence-electron chi connectivity index (χ3n) is 3.03. The highest BCUT2D eigenvalue weighted by Gasteiger charge is 2.38. The van der Waals surface area contributed by atoms with E-state index in [-0.39, 0.29) is 5.56 Å². The van der Waals surface area contributed by atoms with Gasteiger partial charge in [-0.25, -0.2) is 0 Å². The maximum atomic E-state index is 13.0. The van der Waals surface area contributed by atoms with Gasteiger partial charge >= 0.3 is 19.5 Å². The van der Waals surface area contributed by atoms with E-state index in [2.05, 4.69) is 4.98 Å². The first-order valence-electron chi connectivity index (χ1n) is 6.11. The summed E-state index contributed by atoms with van der Waals surface area (Å²) in [5.41, 5.74) is -3.90. The normalized spacial score (nSPS) is 12.3. The molecule has 10 heteroatoms. The quantitative estimate of drug-likeness (QED) is 0.655. The summed E-state index contributed by atoms with van der Waals surface area (Å²) in [5.74, 6) is 0. The van der Waals surface area contributed by atoms with Crippen molar-refractivity contribution in [2.45, 2.75) is 12.4 Å². The van der Waals surface area contributed by atoms with Crippen LogP contribution in [0.15, 0.2) is 36.5 Å². The fourth-order valence-electron chi connectivity index (χ4n) is 2.04. The van der Waals surface area contributed by atoms with E-state index >= 15 is 0 Å². The van der Waals surface area contributed by atoms with Gasteiger partial charge in [0.25, 0.3) is 0 Å². The van der Waals surface area contributed by atoms with Gasteiger partial charge in [0, 0.05) is 11.8 Å². The topological polar surface area (TPSA) is 53.4 Å². The molecule has 1 heterocycles. The summed E-state index contributed by atoms with van der Waals surface area (Å²) >= 11 is 0. The lowest BCUT2D eigenvalue weighted by Crippen LogP contribution is -2.34. The molecule has 2 aromatic rings. The van der Waals surface area contributed by atoms with E-state index in [1.54, 1.807) is 0 Å². The van der Waals surface area contributed by atoms with Crippen molar-refractivity contribution in [2.24, 2.45) is 0 Å². The fourth-order valence-corrected chi connectivity index (χ4v) is 2.04. The highest BCUT2D eigenvalue weighted by molar-refractivity contribution is 6.60. The number of benzene rings is 1. The molecule has 1 aromatic heterocycles. The van der Waals surface area contributed by atoms with Gasteiger partial charge in [-0.1, -0.05) is 12.1 Å². The van der Waals surface area contributed by atoms with Crippen molar-refractivity contribution in [2.75, 3.05) is 0 Å². The minimum Gasteiger partial charge on any atom is -0.423 e. The van der Waals surface area contributed by atoms with Gasteiger partial charge in [0.1, 0.15) is 0 Å². The Morgan fingerprint density at radius 2 is 1.39 bits per heavy atom. The Kier molecular flexibility index (Phi) is 4.40. The summed E-state index contributed by atoms with van der Waals surface area (Å²) in [6, 6.07) is 3.81. The number of nitrogens with zero attached hydrogens (tertiary/aromatic N) is 1. The monoisotopic (exact) mass is 335 g/mol. The van der Waals surface area contributed by atoms with Crippen LogP contribution < -0.4 is 5.46 Å². The molecule has 2 rings (SSSR count). The number of alkyl halides is 6. The van der Waals surface area contributed by atoms with Gasteiger partial charge in [-0.2, -0.15) is 26.3 Å². The first-order valence-corrected chi connectivity index (χ1v) is 6.11. The molecule has 0 fully saturated rings. The Bertz CT molecular complexity index is 697. The summed E-state index contributed by atoms with van der Waals surface area (Å²) in [4.78, 5) is 3.17. The van der Waals surface area contributed by atoms with Gasteiger partial charge in [-0.3, -0.25) is 4.98 Å². The average Bonchev–Trinajstić information content (AvgIpc) is 2.44. The Labute approximate surface area is 126 Å². The molecule has 0 spiro atoms. The van der Waals surface area contributed by atoms with E-state index in [1.165, 1.54) is 0 Å². The zero-order valence-corrected chi connectivity index (χ0v) is 11.2. The lowest BCUT2D eigenvalue weighted by molar-refractivity contribution is -0.140. The van der Waals surface area contributed by atoms with Gasteiger partial charge in [-0.05, 0) is 29.2 Å². The van der Waals surface area contributed by atoms with Gasteiger partial charge in [0.15, 0.2) is 5.69 Å². The highest BCUT2D eigenvalue weighted by Crippen LogP contribution is 2.36. The summed E-state index contributed by atoms with van der Waals surface area (Å²) in [6.07, 6.45) is -8.81. The van der Waals surface area contributed by atoms with Crippen LogP contribution in [0.1, 0.15) is 11.3 Å². The van der Waals surface area contributed by atoms with E-state index < -0.39 is 41.8 Å². The standard InChI is InChI=1S/C13H8BF6NO2/c15-12(16,17)8-3-1-7(2-4-8)10-9(14(22)23)5-6-21-11(10)13(18,19)20/h1-6,22-23H. The number of aromatic nitrogens is 1. The largest absolute Gasteiger partial charge is 0.489 e. The van der Waals surface area contributed by atoms with Crippen molar-refractivity contribution in [3.63, 3.8) is 0 Å². The summed E-state index contributed by atoms with van der Waals surface area (Å²) in [5, 5.41) is 18.4. The zero-order valence-electron chi connectivity index (χ0n) is 11.2. The van der Waals surface area contributed by atoms with Gasteiger partial charge < -0.3 is 10.0 Å². The fraction of sp³-hybridized carbons (Fsp3) is 0.154. The minimum absolute atomic E-state index is 0.262. The van der Waals surface area contributed by atoms with Crippen molar-refractivity contribution in [1.29, 1.82) is 0 Å². The van der Waals surface area contributed by atoms with Crippen molar-refractivity contribution in [1.82, 2.24) is 4.98 Å². The van der Waals surface area contributed by atoms with Crippen LogP contribution in [0, 0.1) is 0 Å². The second kappa shape index (κ2) is 5.86. The van der Waals surface area contributed by atoms with Crippen molar-refractivity contribution >= 4 is 12.6 Å². The molecule has 0 aliphatic rings. The molecule has 0 unspecified atom stereocenters. The molecule has 122 valence electrons. The molecule has 3 nitrogen and oxygen atoms in total. The predicted octanol–water partition coefficient (Wildman–Crippen LogP) is 2.47. The molecule has 0 aliphatic heterocycles. The van der Waals surface area contributed by atoms with Crippen LogP contribution >= 0.6 is 0 Å². The van der Waals surface area contributed by atoms with Crippen LogP contribution in [0.25, 0.3) is 11.1 Å². The van der Waals surface area contributed by atoms with Crippen LogP contribution in [0.4, 0.5) is 26.3 Å². The molecule has 0 aliphatic carbocycles. The molecular weight excluding hydrogens is 327 g/mol. The Morgan fingerprint density at radius 3 is 1.83 bits per heavy atom. The van der Waals surface area contributed by atoms with E-state index in [1.807, 2.05) is 0 Å². The van der Waals surface area contributed by atoms with Crippen LogP contribution in [-0.4, -0.2) is 22.2 Å². The molecular formula is C13H8BF6NO2. The van der Waals surface area contributed by atoms with Gasteiger partial charge in [0.2, 0.25) is 0 Å². The number of pyridine rings is 1. The molecule has 23 heavy (non-hydrogen) atoms. The number of rotatable bonds is 2. The summed E-state index contributed by atoms with van der Waals surface area (Å²) in [6.45, 7) is 0. The van der Waals surface area contributed by atoms with Gasteiger partial charge in [0.05, 0.1) is 5.56 Å². The lowest BCUT2D eigenvalue weighted by Gasteiger charge is -2.16. The first kappa shape index (κ1) is 17.3. The Hall–Kier alpha value is -2.07. The van der Waals surface area contributed by atoms with Crippen molar-refractivity contribution in [3.05, 3.63) is 47.8 Å². The van der Waals surface area contributed by atoms with E-state index in [0.717, 1.165) is 24.4 Å². The first-order chi connectivity index (χ1) is 10.5. The Morgan fingerprint density at radius 1 is 0.826 bits per heavy atom. The smallest absolute Gasteiger partial charge is 0.423 e. The van der Waals surface area contributed by atoms with E-state index in [9.17, 15) is 36.4 Å². The minimum atomic E-state index is -4.91. The SMILES string of the molecule is OB(O)c1ccnc(C(F)(F)F)c1-c1ccc(C(F)(F)F)cc1. The summed E-state index contributed by atoms with van der Waals surface area (Å²) < 4.78 is 76.7. The molecule has 0 radical (unpaired) electrons. The second-order valence-corrected chi connectivity index (χ2v) is 4.57. The maximum Gasteiger partial charge on any atom is 0.489 e. The van der Waals surface area contributed by atoms with Crippen LogP contribution in [0.5, 0.6) is 0 Å². The van der Waals surface area contributed by atoms with E-state index in [4.69, 9.17) is 0 Å². The maximum absolute atomic E-state index is 13.0. The number of hydrogen-bond donors (Lipinski definition) is 2. The second-order valence-electron chi connectivity index (χ2n) is 4.57. The van der Waals surface area contributed by atoms with Crippen LogP contribution in [0.2, 0.25) is 0 Å². The molecule has 2 N–H and O–H groups in total. The molecule has 0 saturated carbocycles. The zero-order chi connectivity index (χ0) is 17.4. The molecule has 0 amide bonds. The highest BCUT2D eigenvalue weighted by atomic mass is 19.4. The molecule has 0 atom stereocenters. The molecule has 1 aromatic carbocycles.